The Kier molecular flexibility index (Phi) is 3.05. The van der Waals surface area contributed by atoms with E-state index in [1.54, 1.807) is 0 Å². The van der Waals surface area contributed by atoms with Gasteiger partial charge in [-0.15, -0.1) is 0 Å². The summed E-state index contributed by atoms with van der Waals surface area (Å²) >= 11 is 0. The third-order valence-electron chi connectivity index (χ3n) is 2.18. The smallest absolute Gasteiger partial charge is 0.321 e. The molecule has 0 amide bonds. The van der Waals surface area contributed by atoms with Crippen molar-refractivity contribution >= 4 is 5.97 Å². The first kappa shape index (κ1) is 9.48. The van der Waals surface area contributed by atoms with E-state index in [0.717, 1.165) is 13.0 Å². The van der Waals surface area contributed by atoms with Crippen LogP contribution in [-0.4, -0.2) is 46.3 Å². The summed E-state index contributed by atoms with van der Waals surface area (Å²) in [5, 5.41) is 18.0. The average Bonchev–Trinajstić information content (AvgIpc) is 2.32. The van der Waals surface area contributed by atoms with Crippen LogP contribution >= 0.6 is 0 Å². The Balaban J connectivity index is 2.53. The number of hydrogen-bond donors (Lipinski definition) is 2. The van der Waals surface area contributed by atoms with Gasteiger partial charge >= 0.3 is 5.97 Å². The first-order valence-corrected chi connectivity index (χ1v) is 4.30. The number of aliphatic carboxylic acids is 1. The second-order valence-corrected chi connectivity index (χ2v) is 3.24. The maximum absolute atomic E-state index is 10.7. The SMILES string of the molecule is CCCN1C[C@H](O)C[C@H]1C(=O)O. The number of carboxylic acids is 1. The van der Waals surface area contributed by atoms with E-state index in [-0.39, 0.29) is 0 Å². The zero-order valence-corrected chi connectivity index (χ0v) is 7.23. The Labute approximate surface area is 71.8 Å². The zero-order valence-electron chi connectivity index (χ0n) is 7.23. The summed E-state index contributed by atoms with van der Waals surface area (Å²) in [5.74, 6) is -0.819. The first-order chi connectivity index (χ1) is 5.65. The van der Waals surface area contributed by atoms with E-state index in [9.17, 15) is 9.90 Å². The van der Waals surface area contributed by atoms with E-state index in [2.05, 4.69) is 0 Å². The maximum Gasteiger partial charge on any atom is 0.321 e. The highest BCUT2D eigenvalue weighted by Crippen LogP contribution is 2.17. The lowest BCUT2D eigenvalue weighted by Crippen LogP contribution is -2.36. The lowest BCUT2D eigenvalue weighted by atomic mass is 10.2. The van der Waals surface area contributed by atoms with Crippen LogP contribution in [0.3, 0.4) is 0 Å². The van der Waals surface area contributed by atoms with Crippen LogP contribution in [0.1, 0.15) is 19.8 Å². The Morgan fingerprint density at radius 3 is 2.83 bits per heavy atom. The molecular weight excluding hydrogens is 158 g/mol. The summed E-state index contributed by atoms with van der Waals surface area (Å²) in [4.78, 5) is 12.5. The number of carbonyl (C=O) groups is 1. The molecule has 4 nitrogen and oxygen atoms in total. The summed E-state index contributed by atoms with van der Waals surface area (Å²) in [6, 6.07) is -0.472. The summed E-state index contributed by atoms with van der Waals surface area (Å²) < 4.78 is 0. The van der Waals surface area contributed by atoms with Crippen molar-refractivity contribution in [1.82, 2.24) is 4.90 Å². The van der Waals surface area contributed by atoms with Crippen molar-refractivity contribution in [2.75, 3.05) is 13.1 Å². The van der Waals surface area contributed by atoms with E-state index in [0.29, 0.717) is 13.0 Å². The molecule has 0 aromatic heterocycles. The Bertz CT molecular complexity index is 172. The minimum atomic E-state index is -0.819. The lowest BCUT2D eigenvalue weighted by molar-refractivity contribution is -0.142. The highest BCUT2D eigenvalue weighted by molar-refractivity contribution is 5.74. The van der Waals surface area contributed by atoms with Crippen LogP contribution in [0.5, 0.6) is 0 Å². The normalized spacial score (nSPS) is 30.8. The number of rotatable bonds is 3. The van der Waals surface area contributed by atoms with E-state index < -0.39 is 18.1 Å². The lowest BCUT2D eigenvalue weighted by Gasteiger charge is -2.19. The molecule has 0 aliphatic carbocycles. The number of aliphatic hydroxyl groups excluding tert-OH is 1. The monoisotopic (exact) mass is 173 g/mol. The van der Waals surface area contributed by atoms with Crippen molar-refractivity contribution in [2.24, 2.45) is 0 Å². The van der Waals surface area contributed by atoms with Crippen LogP contribution in [0.25, 0.3) is 0 Å². The van der Waals surface area contributed by atoms with Crippen LogP contribution in [0.15, 0.2) is 0 Å². The molecule has 2 atom stereocenters. The molecule has 2 N–H and O–H groups in total. The van der Waals surface area contributed by atoms with Crippen LogP contribution < -0.4 is 0 Å². The van der Waals surface area contributed by atoms with Gasteiger partial charge in [0.05, 0.1) is 6.10 Å². The van der Waals surface area contributed by atoms with E-state index >= 15 is 0 Å². The van der Waals surface area contributed by atoms with Crippen LogP contribution in [0.2, 0.25) is 0 Å². The molecule has 1 aliphatic heterocycles. The molecule has 4 heteroatoms. The minimum Gasteiger partial charge on any atom is -0.480 e. The minimum absolute atomic E-state index is 0.370. The fourth-order valence-electron chi connectivity index (χ4n) is 1.67. The standard InChI is InChI=1S/C8H15NO3/c1-2-3-9-5-6(10)4-7(9)8(11)12/h6-7,10H,2-5H2,1H3,(H,11,12)/t6-,7+/m1/s1. The molecule has 0 aromatic carbocycles. The molecule has 1 rings (SSSR count). The van der Waals surface area contributed by atoms with Gasteiger partial charge in [0.25, 0.3) is 0 Å². The van der Waals surface area contributed by atoms with Gasteiger partial charge in [-0.1, -0.05) is 6.92 Å². The third-order valence-corrected chi connectivity index (χ3v) is 2.18. The Hall–Kier alpha value is -0.610. The second kappa shape index (κ2) is 3.87. The number of nitrogens with zero attached hydrogens (tertiary/aromatic N) is 1. The number of likely N-dealkylation sites (tertiary alicyclic amines) is 1. The Morgan fingerprint density at radius 1 is 1.67 bits per heavy atom. The number of hydrogen-bond acceptors (Lipinski definition) is 3. The maximum atomic E-state index is 10.7. The van der Waals surface area contributed by atoms with Gasteiger partial charge in [-0.25, -0.2) is 0 Å². The van der Waals surface area contributed by atoms with Crippen LogP contribution in [0, 0.1) is 0 Å². The summed E-state index contributed by atoms with van der Waals surface area (Å²) in [6.07, 6.45) is 0.837. The average molecular weight is 173 g/mol. The molecule has 0 unspecified atom stereocenters. The van der Waals surface area contributed by atoms with Gasteiger partial charge in [-0.05, 0) is 13.0 Å². The molecule has 70 valence electrons. The number of β-amino-alcohol motifs (C(OH)–C–C–N with tert-alkyl or cyclic N) is 1. The van der Waals surface area contributed by atoms with Gasteiger partial charge in [0, 0.05) is 13.0 Å². The highest BCUT2D eigenvalue weighted by atomic mass is 16.4. The van der Waals surface area contributed by atoms with E-state index in [1.165, 1.54) is 0 Å². The molecular formula is C8H15NO3. The third kappa shape index (κ3) is 1.95. The molecule has 1 aliphatic rings. The number of aliphatic hydroxyl groups is 1. The molecule has 0 bridgehead atoms. The zero-order chi connectivity index (χ0) is 9.14. The van der Waals surface area contributed by atoms with Gasteiger partial charge < -0.3 is 10.2 Å². The molecule has 1 heterocycles. The fraction of sp³-hybridized carbons (Fsp3) is 0.875. The molecule has 0 saturated carbocycles. The quantitative estimate of drug-likeness (QED) is 0.626. The van der Waals surface area contributed by atoms with Crippen molar-refractivity contribution in [3.63, 3.8) is 0 Å². The van der Waals surface area contributed by atoms with Crippen molar-refractivity contribution < 1.29 is 15.0 Å². The van der Waals surface area contributed by atoms with Crippen LogP contribution in [-0.2, 0) is 4.79 Å². The number of carboxylic acid groups (broad SMARTS) is 1. The van der Waals surface area contributed by atoms with Gasteiger partial charge in [-0.3, -0.25) is 9.69 Å². The highest BCUT2D eigenvalue weighted by Gasteiger charge is 2.34. The van der Waals surface area contributed by atoms with Crippen LogP contribution in [0.4, 0.5) is 0 Å². The van der Waals surface area contributed by atoms with E-state index in [1.807, 2.05) is 11.8 Å². The largest absolute Gasteiger partial charge is 0.480 e. The molecule has 0 radical (unpaired) electrons. The Morgan fingerprint density at radius 2 is 2.33 bits per heavy atom. The molecule has 1 fully saturated rings. The summed E-state index contributed by atoms with van der Waals surface area (Å²) in [7, 11) is 0. The molecule has 0 aromatic rings. The van der Waals surface area contributed by atoms with Crippen molar-refractivity contribution in [3.8, 4) is 0 Å². The van der Waals surface area contributed by atoms with Gasteiger partial charge in [0.15, 0.2) is 0 Å². The van der Waals surface area contributed by atoms with E-state index in [4.69, 9.17) is 5.11 Å². The predicted molar refractivity (Wildman–Crippen MR) is 43.9 cm³/mol. The van der Waals surface area contributed by atoms with Crippen molar-refractivity contribution in [2.45, 2.75) is 31.9 Å². The topological polar surface area (TPSA) is 60.8 Å². The summed E-state index contributed by atoms with van der Waals surface area (Å²) in [5.41, 5.74) is 0. The molecule has 12 heavy (non-hydrogen) atoms. The molecule has 1 saturated heterocycles. The predicted octanol–water partition coefficient (Wildman–Crippen LogP) is -0.0838. The first-order valence-electron chi connectivity index (χ1n) is 4.30. The summed E-state index contributed by atoms with van der Waals surface area (Å²) in [6.45, 7) is 3.27. The fourth-order valence-corrected chi connectivity index (χ4v) is 1.67. The van der Waals surface area contributed by atoms with Gasteiger partial charge in [-0.2, -0.15) is 0 Å². The van der Waals surface area contributed by atoms with Gasteiger partial charge in [0.2, 0.25) is 0 Å². The van der Waals surface area contributed by atoms with Crippen molar-refractivity contribution in [3.05, 3.63) is 0 Å². The van der Waals surface area contributed by atoms with Gasteiger partial charge in [0.1, 0.15) is 6.04 Å². The van der Waals surface area contributed by atoms with Crippen molar-refractivity contribution in [1.29, 1.82) is 0 Å². The second-order valence-electron chi connectivity index (χ2n) is 3.24. The molecule has 0 spiro atoms.